The minimum atomic E-state index is -3.95. The number of rotatable bonds is 8. The smallest absolute Gasteiger partial charge is 0.310 e. The number of benzene rings is 2. The standard InChI is InChI=1S/C28H36FN3O4S/c1-5-17-28(19-26(33)36-27(2,3)4)30-24-16-13-22(18-25(24)31-28)32(21-9-7-6-8-10-21)37(34,35)23-14-11-20(29)12-15-23/h11-16,18,21H,5-10,17,19H2,1-4H3. The molecular weight excluding hydrogens is 493 g/mol. The predicted octanol–water partition coefficient (Wildman–Crippen LogP) is 4.83. The molecule has 200 valence electrons. The van der Waals surface area contributed by atoms with E-state index < -0.39 is 27.1 Å². The second-order valence-electron chi connectivity index (χ2n) is 10.9. The molecule has 9 heteroatoms. The summed E-state index contributed by atoms with van der Waals surface area (Å²) in [7, 11) is -3.95. The molecule has 1 unspecified atom stereocenters. The van der Waals surface area contributed by atoms with Gasteiger partial charge in [-0.15, -0.1) is 0 Å². The van der Waals surface area contributed by atoms with Crippen molar-refractivity contribution in [3.63, 3.8) is 0 Å². The lowest BCUT2D eigenvalue weighted by Crippen LogP contribution is -2.42. The zero-order valence-corrected chi connectivity index (χ0v) is 22.9. The van der Waals surface area contributed by atoms with E-state index in [1.54, 1.807) is 18.2 Å². The predicted molar refractivity (Wildman–Crippen MR) is 140 cm³/mol. The summed E-state index contributed by atoms with van der Waals surface area (Å²) in [5, 5.41) is 1.19. The van der Waals surface area contributed by atoms with Crippen molar-refractivity contribution in [2.75, 3.05) is 4.31 Å². The molecule has 1 aliphatic heterocycles. The van der Waals surface area contributed by atoms with E-state index in [1.165, 1.54) is 28.6 Å². The van der Waals surface area contributed by atoms with Crippen molar-refractivity contribution in [3.8, 4) is 0 Å². The zero-order chi connectivity index (χ0) is 26.8. The molecule has 1 saturated carbocycles. The summed E-state index contributed by atoms with van der Waals surface area (Å²) in [6, 6.07) is 10.0. The third-order valence-electron chi connectivity index (χ3n) is 6.65. The molecule has 2 aromatic rings. The second-order valence-corrected chi connectivity index (χ2v) is 12.8. The highest BCUT2D eigenvalue weighted by Crippen LogP contribution is 2.33. The van der Waals surface area contributed by atoms with Gasteiger partial charge in [-0.25, -0.2) is 12.8 Å². The third kappa shape index (κ3) is 6.20. The molecule has 1 aliphatic carbocycles. The Balaban J connectivity index is 1.76. The van der Waals surface area contributed by atoms with Gasteiger partial charge in [0, 0.05) is 6.04 Å². The summed E-state index contributed by atoms with van der Waals surface area (Å²) in [6.45, 7) is 7.48. The first-order valence-corrected chi connectivity index (χ1v) is 14.5. The molecule has 1 atom stereocenters. The van der Waals surface area contributed by atoms with Crippen LogP contribution >= 0.6 is 0 Å². The summed E-state index contributed by atoms with van der Waals surface area (Å²) in [5.74, 6) is -0.859. The van der Waals surface area contributed by atoms with Crippen LogP contribution in [0.25, 0.3) is 0 Å². The Hall–Kier alpha value is -2.81. The molecule has 2 aliphatic rings. The van der Waals surface area contributed by atoms with Crippen LogP contribution in [-0.4, -0.2) is 31.7 Å². The number of hydrogen-bond donors (Lipinski definition) is 0. The third-order valence-corrected chi connectivity index (χ3v) is 8.54. The quantitative estimate of drug-likeness (QED) is 0.458. The van der Waals surface area contributed by atoms with Crippen LogP contribution in [0.2, 0.25) is 0 Å². The molecule has 7 nitrogen and oxygen atoms in total. The normalized spacial score (nSPS) is 20.0. The Morgan fingerprint density at radius 3 is 2.32 bits per heavy atom. The van der Waals surface area contributed by atoms with Gasteiger partial charge in [0.1, 0.15) is 11.4 Å². The monoisotopic (exact) mass is 529 g/mol. The van der Waals surface area contributed by atoms with Gasteiger partial charge in [-0.05, 0) is 82.5 Å². The lowest BCUT2D eigenvalue weighted by atomic mass is 9.95. The number of esters is 1. The Morgan fingerprint density at radius 2 is 1.70 bits per heavy atom. The minimum Gasteiger partial charge on any atom is -0.460 e. The number of nitrogens with zero attached hydrogens (tertiary/aromatic N) is 3. The number of sulfonamides is 1. The lowest BCUT2D eigenvalue weighted by molar-refractivity contribution is -0.156. The molecular formula is C28H36FN3O4S. The molecule has 0 N–H and O–H groups in total. The molecule has 1 heterocycles. The van der Waals surface area contributed by atoms with Crippen LogP contribution in [0.1, 0.15) is 79.1 Å². The summed E-state index contributed by atoms with van der Waals surface area (Å²) in [4.78, 5) is 22.4. The molecule has 0 saturated heterocycles. The van der Waals surface area contributed by atoms with Crippen LogP contribution in [0.4, 0.5) is 10.1 Å². The highest BCUT2D eigenvalue weighted by molar-refractivity contribution is 7.92. The summed E-state index contributed by atoms with van der Waals surface area (Å²) in [5.41, 5.74) is -1.08. The number of anilines is 1. The first-order chi connectivity index (χ1) is 17.4. The first-order valence-electron chi connectivity index (χ1n) is 13.0. The van der Waals surface area contributed by atoms with Crippen LogP contribution in [-0.2, 0) is 19.6 Å². The molecule has 0 spiro atoms. The Morgan fingerprint density at radius 1 is 1.05 bits per heavy atom. The fourth-order valence-corrected chi connectivity index (χ4v) is 6.88. The fraction of sp³-hybridized carbons (Fsp3) is 0.536. The Kier molecular flexibility index (Phi) is 7.74. The number of hydrogen-bond acceptors (Lipinski definition) is 6. The van der Waals surface area contributed by atoms with Crippen LogP contribution < -0.4 is 15.0 Å². The molecule has 0 aromatic heterocycles. The zero-order valence-electron chi connectivity index (χ0n) is 22.0. The van der Waals surface area contributed by atoms with E-state index in [9.17, 15) is 17.6 Å². The Labute approximate surface area is 218 Å². The molecule has 37 heavy (non-hydrogen) atoms. The maximum atomic E-state index is 13.8. The van der Waals surface area contributed by atoms with E-state index >= 15 is 0 Å². The SMILES string of the molecule is CCCC1(CC(=O)OC(C)(C)C)N=c2ccc(N(C3CCCCC3)S(=O)(=O)c3ccc(F)cc3)cc2=N1. The van der Waals surface area contributed by atoms with E-state index in [-0.39, 0.29) is 23.3 Å². The van der Waals surface area contributed by atoms with Gasteiger partial charge in [0.25, 0.3) is 10.0 Å². The van der Waals surface area contributed by atoms with Gasteiger partial charge < -0.3 is 4.74 Å². The highest BCUT2D eigenvalue weighted by atomic mass is 32.2. The summed E-state index contributed by atoms with van der Waals surface area (Å²) in [6.07, 6.45) is 5.81. The van der Waals surface area contributed by atoms with Gasteiger partial charge in [-0.1, -0.05) is 32.6 Å². The number of fused-ring (bicyclic) bond motifs is 1. The van der Waals surface area contributed by atoms with Crippen molar-refractivity contribution in [3.05, 3.63) is 59.0 Å². The van der Waals surface area contributed by atoms with Gasteiger partial charge in [0.2, 0.25) is 0 Å². The van der Waals surface area contributed by atoms with Crippen LogP contribution in [0.15, 0.2) is 57.3 Å². The summed E-state index contributed by atoms with van der Waals surface area (Å²) < 4.78 is 48.3. The first kappa shape index (κ1) is 27.2. The maximum absolute atomic E-state index is 13.8. The van der Waals surface area contributed by atoms with Crippen LogP contribution in [0, 0.1) is 5.82 Å². The number of carbonyl (C=O) groups excluding carboxylic acids is 1. The van der Waals surface area contributed by atoms with E-state index in [1.807, 2.05) is 27.7 Å². The average molecular weight is 530 g/mol. The molecule has 0 bridgehead atoms. The maximum Gasteiger partial charge on any atom is 0.310 e. The Bertz CT molecular complexity index is 1360. The van der Waals surface area contributed by atoms with Gasteiger partial charge >= 0.3 is 5.97 Å². The van der Waals surface area contributed by atoms with Crippen molar-refractivity contribution in [2.24, 2.45) is 9.98 Å². The molecule has 2 aromatic carbocycles. The molecule has 0 radical (unpaired) electrons. The van der Waals surface area contributed by atoms with E-state index in [0.717, 1.165) is 38.5 Å². The van der Waals surface area contributed by atoms with Crippen molar-refractivity contribution < 1.29 is 22.3 Å². The number of carbonyl (C=O) groups is 1. The van der Waals surface area contributed by atoms with Crippen molar-refractivity contribution in [2.45, 2.75) is 101 Å². The number of halogens is 1. The van der Waals surface area contributed by atoms with Gasteiger partial charge in [0.05, 0.1) is 27.7 Å². The van der Waals surface area contributed by atoms with Crippen LogP contribution in [0.3, 0.4) is 0 Å². The number of ether oxygens (including phenoxy) is 1. The topological polar surface area (TPSA) is 88.4 Å². The highest BCUT2D eigenvalue weighted by Gasteiger charge is 2.37. The second kappa shape index (κ2) is 10.5. The van der Waals surface area contributed by atoms with E-state index in [2.05, 4.69) is 0 Å². The van der Waals surface area contributed by atoms with Gasteiger partial charge in [-0.2, -0.15) is 0 Å². The largest absolute Gasteiger partial charge is 0.460 e. The van der Waals surface area contributed by atoms with Gasteiger partial charge in [0.15, 0.2) is 5.66 Å². The van der Waals surface area contributed by atoms with Crippen LogP contribution in [0.5, 0.6) is 0 Å². The molecule has 1 fully saturated rings. The molecule has 0 amide bonds. The van der Waals surface area contributed by atoms with E-state index in [0.29, 0.717) is 22.8 Å². The lowest BCUT2D eigenvalue weighted by Gasteiger charge is -2.35. The van der Waals surface area contributed by atoms with E-state index in [4.69, 9.17) is 14.7 Å². The average Bonchev–Trinajstić information content (AvgIpc) is 3.15. The molecule has 4 rings (SSSR count). The van der Waals surface area contributed by atoms with Gasteiger partial charge in [-0.3, -0.25) is 19.1 Å². The summed E-state index contributed by atoms with van der Waals surface area (Å²) >= 11 is 0. The van der Waals surface area contributed by atoms with Crippen molar-refractivity contribution >= 4 is 21.7 Å². The van der Waals surface area contributed by atoms with Crippen molar-refractivity contribution in [1.29, 1.82) is 0 Å². The fourth-order valence-electron chi connectivity index (χ4n) is 5.18. The minimum absolute atomic E-state index is 0.0162. The van der Waals surface area contributed by atoms with Crippen molar-refractivity contribution in [1.82, 2.24) is 0 Å².